The van der Waals surface area contributed by atoms with Crippen LogP contribution in [0, 0.1) is 5.82 Å². The van der Waals surface area contributed by atoms with Crippen molar-refractivity contribution in [3.63, 3.8) is 0 Å². The van der Waals surface area contributed by atoms with Crippen molar-refractivity contribution in [2.45, 2.75) is 38.7 Å². The number of hydrogen-bond acceptors (Lipinski definition) is 8. The molecule has 2 atom stereocenters. The summed E-state index contributed by atoms with van der Waals surface area (Å²) < 4.78 is 29.8. The Bertz CT molecular complexity index is 773. The molecule has 0 amide bonds. The van der Waals surface area contributed by atoms with E-state index in [1.807, 2.05) is 0 Å². The number of nitrogens with zero attached hydrogens (tertiary/aromatic N) is 2. The third-order valence-corrected chi connectivity index (χ3v) is 3.28. The summed E-state index contributed by atoms with van der Waals surface area (Å²) in [6, 6.07) is 0. The van der Waals surface area contributed by atoms with E-state index in [-0.39, 0.29) is 6.61 Å². The minimum absolute atomic E-state index is 0.170. The molecule has 0 bridgehead atoms. The van der Waals surface area contributed by atoms with E-state index < -0.39 is 47.2 Å². The SMILES string of the molecule is CC(=O)OC(C)(C)C(=O)OC[C@@H]1C=C[C@H](n2cc(F)c(N)nc2=O)O1. The molecule has 136 valence electrons. The Kier molecular flexibility index (Phi) is 5.21. The molecule has 0 unspecified atom stereocenters. The van der Waals surface area contributed by atoms with Gasteiger partial charge in [0.15, 0.2) is 17.9 Å². The summed E-state index contributed by atoms with van der Waals surface area (Å²) in [6.07, 6.45) is 2.37. The summed E-state index contributed by atoms with van der Waals surface area (Å²) in [7, 11) is 0. The highest BCUT2D eigenvalue weighted by Crippen LogP contribution is 2.21. The van der Waals surface area contributed by atoms with Gasteiger partial charge in [0.25, 0.3) is 0 Å². The van der Waals surface area contributed by atoms with E-state index in [2.05, 4.69) is 4.98 Å². The molecule has 0 spiro atoms. The molecule has 2 heterocycles. The maximum Gasteiger partial charge on any atom is 0.352 e. The van der Waals surface area contributed by atoms with Crippen molar-refractivity contribution in [1.82, 2.24) is 9.55 Å². The number of carbonyl (C=O) groups is 2. The van der Waals surface area contributed by atoms with Crippen LogP contribution in [0.15, 0.2) is 23.1 Å². The van der Waals surface area contributed by atoms with E-state index in [0.717, 1.165) is 10.8 Å². The largest absolute Gasteiger partial charge is 0.460 e. The molecular formula is C15H18FN3O6. The van der Waals surface area contributed by atoms with Crippen molar-refractivity contribution < 1.29 is 28.2 Å². The van der Waals surface area contributed by atoms with Crippen LogP contribution in [0.2, 0.25) is 0 Å². The molecule has 2 rings (SSSR count). The Morgan fingerprint density at radius 3 is 2.76 bits per heavy atom. The van der Waals surface area contributed by atoms with E-state index in [1.54, 1.807) is 6.08 Å². The van der Waals surface area contributed by atoms with Crippen LogP contribution in [0.3, 0.4) is 0 Å². The number of anilines is 1. The molecule has 0 saturated carbocycles. The van der Waals surface area contributed by atoms with E-state index in [9.17, 15) is 18.8 Å². The lowest BCUT2D eigenvalue weighted by atomic mass is 10.1. The normalized spacial score (nSPS) is 19.7. The molecule has 9 nitrogen and oxygen atoms in total. The quantitative estimate of drug-likeness (QED) is 0.591. The Morgan fingerprint density at radius 1 is 1.44 bits per heavy atom. The third-order valence-electron chi connectivity index (χ3n) is 3.28. The van der Waals surface area contributed by atoms with Gasteiger partial charge in [-0.15, -0.1) is 0 Å². The smallest absolute Gasteiger partial charge is 0.352 e. The van der Waals surface area contributed by atoms with Crippen molar-refractivity contribution in [3.05, 3.63) is 34.7 Å². The molecule has 2 N–H and O–H groups in total. The van der Waals surface area contributed by atoms with Gasteiger partial charge in [-0.25, -0.2) is 14.0 Å². The molecule has 0 saturated heterocycles. The molecule has 1 aliphatic heterocycles. The fourth-order valence-corrected chi connectivity index (χ4v) is 2.11. The Labute approximate surface area is 142 Å². The minimum Gasteiger partial charge on any atom is -0.460 e. The fraction of sp³-hybridized carbons (Fsp3) is 0.467. The highest BCUT2D eigenvalue weighted by Gasteiger charge is 2.34. The molecule has 1 aromatic heterocycles. The second kappa shape index (κ2) is 7.01. The van der Waals surface area contributed by atoms with Crippen LogP contribution >= 0.6 is 0 Å². The molecule has 1 aliphatic rings. The van der Waals surface area contributed by atoms with Crippen molar-refractivity contribution in [2.75, 3.05) is 12.3 Å². The lowest BCUT2D eigenvalue weighted by molar-refractivity contribution is -0.179. The van der Waals surface area contributed by atoms with Crippen LogP contribution in [0.1, 0.15) is 27.0 Å². The molecule has 0 aliphatic carbocycles. The van der Waals surface area contributed by atoms with Gasteiger partial charge in [0, 0.05) is 6.92 Å². The topological polar surface area (TPSA) is 123 Å². The molecule has 25 heavy (non-hydrogen) atoms. The summed E-state index contributed by atoms with van der Waals surface area (Å²) in [5.74, 6) is -2.71. The summed E-state index contributed by atoms with van der Waals surface area (Å²) in [6.45, 7) is 3.80. The maximum absolute atomic E-state index is 13.5. The summed E-state index contributed by atoms with van der Waals surface area (Å²) in [4.78, 5) is 38.0. The van der Waals surface area contributed by atoms with Crippen LogP contribution in [-0.2, 0) is 23.8 Å². The van der Waals surface area contributed by atoms with E-state index >= 15 is 0 Å². The first-order valence-electron chi connectivity index (χ1n) is 7.35. The first kappa shape index (κ1) is 18.6. The highest BCUT2D eigenvalue weighted by molar-refractivity contribution is 5.82. The lowest BCUT2D eigenvalue weighted by Gasteiger charge is -2.23. The van der Waals surface area contributed by atoms with Crippen LogP contribution < -0.4 is 11.4 Å². The summed E-state index contributed by atoms with van der Waals surface area (Å²) in [5.41, 5.74) is 3.01. The number of halogens is 1. The Hall–Kier alpha value is -2.75. The monoisotopic (exact) mass is 355 g/mol. The number of hydrogen-bond donors (Lipinski definition) is 1. The average molecular weight is 355 g/mol. The number of nitrogens with two attached hydrogens (primary N) is 1. The standard InChI is InChI=1S/C15H18FN3O6/c1-8(20)25-15(2,3)13(21)23-7-9-4-5-11(24-9)19-6-10(16)12(17)18-14(19)22/h4-6,9,11H,7H2,1-3H3,(H2,17,18,22)/t9-,11+/m0/s1. The van der Waals surface area contributed by atoms with E-state index in [0.29, 0.717) is 0 Å². The summed E-state index contributed by atoms with van der Waals surface area (Å²) >= 11 is 0. The van der Waals surface area contributed by atoms with Gasteiger partial charge in [-0.2, -0.15) is 4.98 Å². The van der Waals surface area contributed by atoms with Gasteiger partial charge in [0.1, 0.15) is 12.7 Å². The predicted molar refractivity (Wildman–Crippen MR) is 82.7 cm³/mol. The van der Waals surface area contributed by atoms with E-state index in [4.69, 9.17) is 19.9 Å². The second-order valence-corrected chi connectivity index (χ2v) is 5.82. The van der Waals surface area contributed by atoms with Gasteiger partial charge in [-0.3, -0.25) is 9.36 Å². The van der Waals surface area contributed by atoms with Gasteiger partial charge >= 0.3 is 17.6 Å². The number of nitrogen functional groups attached to an aromatic ring is 1. The number of rotatable bonds is 5. The molecule has 10 heteroatoms. The Balaban J connectivity index is 1.95. The van der Waals surface area contributed by atoms with Crippen LogP contribution in [0.25, 0.3) is 0 Å². The second-order valence-electron chi connectivity index (χ2n) is 5.82. The van der Waals surface area contributed by atoms with Crippen LogP contribution in [-0.4, -0.2) is 39.8 Å². The van der Waals surface area contributed by atoms with Crippen molar-refractivity contribution in [3.8, 4) is 0 Å². The summed E-state index contributed by atoms with van der Waals surface area (Å²) in [5, 5.41) is 0. The molecule has 1 aromatic rings. The van der Waals surface area contributed by atoms with Gasteiger partial charge < -0.3 is 19.9 Å². The minimum atomic E-state index is -1.44. The lowest BCUT2D eigenvalue weighted by Crippen LogP contribution is -2.39. The average Bonchev–Trinajstić information content (AvgIpc) is 2.95. The van der Waals surface area contributed by atoms with E-state index in [1.165, 1.54) is 26.8 Å². The number of esters is 2. The van der Waals surface area contributed by atoms with Gasteiger partial charge in [-0.05, 0) is 19.9 Å². The maximum atomic E-state index is 13.5. The predicted octanol–water partition coefficient (Wildman–Crippen LogP) is 0.303. The van der Waals surface area contributed by atoms with Crippen molar-refractivity contribution in [1.29, 1.82) is 0 Å². The number of aromatic nitrogens is 2. The molecule has 0 fully saturated rings. The van der Waals surface area contributed by atoms with Gasteiger partial charge in [-0.1, -0.05) is 6.08 Å². The number of ether oxygens (including phenoxy) is 3. The van der Waals surface area contributed by atoms with Crippen molar-refractivity contribution >= 4 is 17.8 Å². The first-order chi connectivity index (χ1) is 11.6. The van der Waals surface area contributed by atoms with Crippen molar-refractivity contribution in [2.24, 2.45) is 0 Å². The van der Waals surface area contributed by atoms with Gasteiger partial charge in [0.05, 0.1) is 6.20 Å². The fourth-order valence-electron chi connectivity index (χ4n) is 2.11. The van der Waals surface area contributed by atoms with Crippen LogP contribution in [0.4, 0.5) is 10.2 Å². The van der Waals surface area contributed by atoms with Crippen LogP contribution in [0.5, 0.6) is 0 Å². The zero-order chi connectivity index (χ0) is 18.8. The molecule has 0 radical (unpaired) electrons. The highest BCUT2D eigenvalue weighted by atomic mass is 19.1. The third kappa shape index (κ3) is 4.41. The zero-order valence-electron chi connectivity index (χ0n) is 13.9. The zero-order valence-corrected chi connectivity index (χ0v) is 13.9. The molecule has 0 aromatic carbocycles. The molecular weight excluding hydrogens is 337 g/mol. The number of carbonyl (C=O) groups excluding carboxylic acids is 2. The van der Waals surface area contributed by atoms with Gasteiger partial charge in [0.2, 0.25) is 5.60 Å². The Morgan fingerprint density at radius 2 is 2.12 bits per heavy atom. The first-order valence-corrected chi connectivity index (χ1v) is 7.35.